The topological polar surface area (TPSA) is 63.4 Å². The summed E-state index contributed by atoms with van der Waals surface area (Å²) in [5.74, 6) is -0.558. The van der Waals surface area contributed by atoms with Crippen LogP contribution in [-0.4, -0.2) is 22.8 Å². The summed E-state index contributed by atoms with van der Waals surface area (Å²) in [5, 5.41) is 11.2. The molecule has 0 bridgehead atoms. The second-order valence-electron chi connectivity index (χ2n) is 5.09. The summed E-state index contributed by atoms with van der Waals surface area (Å²) in [6.45, 7) is 0.153. The molecule has 7 heteroatoms. The predicted molar refractivity (Wildman–Crippen MR) is 84.7 cm³/mol. The van der Waals surface area contributed by atoms with E-state index < -0.39 is 4.92 Å². The van der Waals surface area contributed by atoms with Crippen LogP contribution in [0.25, 0.3) is 0 Å². The second kappa shape index (κ2) is 7.19. The molecular weight excluding hydrogens is 323 g/mol. The second-order valence-corrected chi connectivity index (χ2v) is 5.49. The van der Waals surface area contributed by atoms with Crippen molar-refractivity contribution < 1.29 is 14.1 Å². The van der Waals surface area contributed by atoms with Gasteiger partial charge in [0.1, 0.15) is 5.82 Å². The summed E-state index contributed by atoms with van der Waals surface area (Å²) in [6.07, 6.45) is 0.114. The highest BCUT2D eigenvalue weighted by Gasteiger charge is 2.15. The van der Waals surface area contributed by atoms with Gasteiger partial charge in [-0.2, -0.15) is 0 Å². The summed E-state index contributed by atoms with van der Waals surface area (Å²) in [4.78, 5) is 23.9. The highest BCUT2D eigenvalue weighted by molar-refractivity contribution is 6.31. The Morgan fingerprint density at radius 1 is 1.26 bits per heavy atom. The van der Waals surface area contributed by atoms with Crippen molar-refractivity contribution in [1.82, 2.24) is 4.90 Å². The Morgan fingerprint density at radius 3 is 2.52 bits per heavy atom. The number of carbonyl (C=O) groups excluding carboxylic acids is 1. The fourth-order valence-electron chi connectivity index (χ4n) is 2.05. The highest BCUT2D eigenvalue weighted by Crippen LogP contribution is 2.23. The van der Waals surface area contributed by atoms with Crippen molar-refractivity contribution in [3.63, 3.8) is 0 Å². The Morgan fingerprint density at radius 2 is 1.91 bits per heavy atom. The Hall–Kier alpha value is -2.47. The predicted octanol–water partition coefficient (Wildman–Crippen LogP) is 3.59. The van der Waals surface area contributed by atoms with Gasteiger partial charge in [0, 0.05) is 30.7 Å². The van der Waals surface area contributed by atoms with E-state index in [1.807, 2.05) is 0 Å². The molecule has 0 aliphatic carbocycles. The van der Waals surface area contributed by atoms with Gasteiger partial charge in [-0.15, -0.1) is 0 Å². The number of carbonyl (C=O) groups is 1. The summed E-state index contributed by atoms with van der Waals surface area (Å²) in [7, 11) is 1.58. The van der Waals surface area contributed by atoms with E-state index in [2.05, 4.69) is 0 Å². The van der Waals surface area contributed by atoms with Crippen LogP contribution in [-0.2, 0) is 17.8 Å². The average molecular weight is 337 g/mol. The van der Waals surface area contributed by atoms with Crippen molar-refractivity contribution in [2.75, 3.05) is 7.05 Å². The van der Waals surface area contributed by atoms with Crippen LogP contribution in [0.5, 0.6) is 0 Å². The zero-order valence-corrected chi connectivity index (χ0v) is 13.1. The lowest BCUT2D eigenvalue weighted by Gasteiger charge is -2.18. The standard InChI is InChI=1S/C16H14ClFN2O3/c1-19(16(21)8-11-2-4-13(18)5-3-11)10-12-9-14(20(22)23)6-7-15(12)17/h2-7,9H,8,10H2,1H3. The maximum atomic E-state index is 12.9. The lowest BCUT2D eigenvalue weighted by Crippen LogP contribution is -2.27. The van der Waals surface area contributed by atoms with Crippen LogP contribution in [0, 0.1) is 15.9 Å². The number of hydrogen-bond acceptors (Lipinski definition) is 3. The minimum Gasteiger partial charge on any atom is -0.341 e. The van der Waals surface area contributed by atoms with Gasteiger partial charge in [0.25, 0.3) is 5.69 Å². The quantitative estimate of drug-likeness (QED) is 0.619. The largest absolute Gasteiger partial charge is 0.341 e. The molecule has 5 nitrogen and oxygen atoms in total. The first-order valence-electron chi connectivity index (χ1n) is 6.78. The number of rotatable bonds is 5. The van der Waals surface area contributed by atoms with E-state index in [0.717, 1.165) is 0 Å². The van der Waals surface area contributed by atoms with E-state index in [-0.39, 0.29) is 30.4 Å². The zero-order chi connectivity index (χ0) is 17.0. The third kappa shape index (κ3) is 4.50. The molecule has 0 fully saturated rings. The monoisotopic (exact) mass is 336 g/mol. The fourth-order valence-corrected chi connectivity index (χ4v) is 2.23. The molecule has 0 atom stereocenters. The van der Waals surface area contributed by atoms with Crippen LogP contribution in [0.1, 0.15) is 11.1 Å². The molecule has 1 amide bonds. The van der Waals surface area contributed by atoms with Crippen molar-refractivity contribution in [1.29, 1.82) is 0 Å². The van der Waals surface area contributed by atoms with E-state index in [1.165, 1.54) is 35.2 Å². The van der Waals surface area contributed by atoms with Crippen LogP contribution < -0.4 is 0 Å². The van der Waals surface area contributed by atoms with Crippen LogP contribution in [0.15, 0.2) is 42.5 Å². The Balaban J connectivity index is 2.07. The summed E-state index contributed by atoms with van der Waals surface area (Å²) in [6, 6.07) is 9.77. The van der Waals surface area contributed by atoms with Gasteiger partial charge in [-0.1, -0.05) is 23.7 Å². The van der Waals surface area contributed by atoms with E-state index >= 15 is 0 Å². The average Bonchev–Trinajstić information content (AvgIpc) is 2.51. The first-order valence-corrected chi connectivity index (χ1v) is 7.16. The number of halogens is 2. The molecule has 120 valence electrons. The number of nitro benzene ring substituents is 1. The van der Waals surface area contributed by atoms with Crippen LogP contribution in [0.3, 0.4) is 0 Å². The SMILES string of the molecule is CN(Cc1cc([N+](=O)[O-])ccc1Cl)C(=O)Cc1ccc(F)cc1. The van der Waals surface area contributed by atoms with E-state index in [9.17, 15) is 19.3 Å². The maximum Gasteiger partial charge on any atom is 0.269 e. The molecule has 2 rings (SSSR count). The maximum absolute atomic E-state index is 12.9. The summed E-state index contributed by atoms with van der Waals surface area (Å²) < 4.78 is 12.9. The molecule has 0 aliphatic rings. The van der Waals surface area contributed by atoms with Gasteiger partial charge in [0.2, 0.25) is 5.91 Å². The molecule has 23 heavy (non-hydrogen) atoms. The summed E-state index contributed by atoms with van der Waals surface area (Å²) in [5.41, 5.74) is 1.10. The fraction of sp³-hybridized carbons (Fsp3) is 0.188. The van der Waals surface area contributed by atoms with E-state index in [0.29, 0.717) is 16.1 Å². The summed E-state index contributed by atoms with van der Waals surface area (Å²) >= 11 is 6.03. The molecular formula is C16H14ClFN2O3. The minimum absolute atomic E-state index is 0.0798. The van der Waals surface area contributed by atoms with Crippen LogP contribution in [0.2, 0.25) is 5.02 Å². The number of amides is 1. The highest BCUT2D eigenvalue weighted by atomic mass is 35.5. The van der Waals surface area contributed by atoms with Gasteiger partial charge in [-0.05, 0) is 29.3 Å². The molecule has 0 radical (unpaired) electrons. The third-order valence-electron chi connectivity index (χ3n) is 3.34. The molecule has 0 unspecified atom stereocenters. The molecule has 0 aliphatic heterocycles. The van der Waals surface area contributed by atoms with Gasteiger partial charge in [-0.3, -0.25) is 14.9 Å². The van der Waals surface area contributed by atoms with Gasteiger partial charge in [0.05, 0.1) is 11.3 Å². The van der Waals surface area contributed by atoms with Crippen molar-refractivity contribution >= 4 is 23.2 Å². The van der Waals surface area contributed by atoms with Gasteiger partial charge in [-0.25, -0.2) is 4.39 Å². The molecule has 0 heterocycles. The van der Waals surface area contributed by atoms with Crippen molar-refractivity contribution in [3.8, 4) is 0 Å². The molecule has 0 aromatic heterocycles. The number of hydrogen-bond donors (Lipinski definition) is 0. The lowest BCUT2D eigenvalue weighted by molar-refractivity contribution is -0.384. The Bertz CT molecular complexity index is 735. The van der Waals surface area contributed by atoms with Crippen molar-refractivity contribution in [2.45, 2.75) is 13.0 Å². The molecule has 0 saturated heterocycles. The smallest absolute Gasteiger partial charge is 0.269 e. The molecule has 0 spiro atoms. The van der Waals surface area contributed by atoms with Gasteiger partial charge in [0.15, 0.2) is 0 Å². The van der Waals surface area contributed by atoms with E-state index in [4.69, 9.17) is 11.6 Å². The Kier molecular flexibility index (Phi) is 5.28. The first kappa shape index (κ1) is 16.9. The number of nitrogens with zero attached hydrogens (tertiary/aromatic N) is 2. The van der Waals surface area contributed by atoms with Crippen LogP contribution >= 0.6 is 11.6 Å². The lowest BCUT2D eigenvalue weighted by atomic mass is 10.1. The minimum atomic E-state index is -0.514. The van der Waals surface area contributed by atoms with Gasteiger partial charge < -0.3 is 4.90 Å². The Labute approximate surface area is 137 Å². The third-order valence-corrected chi connectivity index (χ3v) is 3.71. The molecule has 0 N–H and O–H groups in total. The van der Waals surface area contributed by atoms with Gasteiger partial charge >= 0.3 is 0 Å². The van der Waals surface area contributed by atoms with Crippen molar-refractivity contribution in [2.24, 2.45) is 0 Å². The number of benzene rings is 2. The number of nitro groups is 1. The molecule has 2 aromatic rings. The van der Waals surface area contributed by atoms with Crippen LogP contribution in [0.4, 0.5) is 10.1 Å². The van der Waals surface area contributed by atoms with E-state index in [1.54, 1.807) is 19.2 Å². The van der Waals surface area contributed by atoms with Crippen molar-refractivity contribution in [3.05, 3.63) is 74.5 Å². The number of non-ortho nitro benzene ring substituents is 1. The number of likely N-dealkylation sites (N-methyl/N-ethyl adjacent to an activating group) is 1. The normalized spacial score (nSPS) is 10.4. The zero-order valence-electron chi connectivity index (χ0n) is 12.3. The molecule has 2 aromatic carbocycles. The molecule has 0 saturated carbocycles. The first-order chi connectivity index (χ1) is 10.9.